The Balaban J connectivity index is 2.78. The quantitative estimate of drug-likeness (QED) is 0.818. The van der Waals surface area contributed by atoms with Crippen molar-refractivity contribution in [1.82, 2.24) is 5.43 Å². The van der Waals surface area contributed by atoms with Gasteiger partial charge in [-0.2, -0.15) is 13.2 Å². The molecule has 0 unspecified atom stereocenters. The number of carbonyl (C=O) groups excluding carboxylic acids is 2. The first-order chi connectivity index (χ1) is 9.75. The molecule has 1 rings (SSSR count). The molecule has 0 fully saturated rings. The topological polar surface area (TPSA) is 58.6 Å². The van der Waals surface area contributed by atoms with Gasteiger partial charge in [-0.15, -0.1) is 0 Å². The van der Waals surface area contributed by atoms with Crippen molar-refractivity contribution in [1.29, 1.82) is 0 Å². The number of rotatable bonds is 6. The number of ketones is 1. The van der Waals surface area contributed by atoms with Crippen LogP contribution >= 0.6 is 0 Å². The molecule has 0 bridgehead atoms. The minimum Gasteiger partial charge on any atom is -0.494 e. The van der Waals surface area contributed by atoms with Crippen LogP contribution in [0.2, 0.25) is 0 Å². The molecule has 1 aromatic carbocycles. The summed E-state index contributed by atoms with van der Waals surface area (Å²) in [4.78, 5) is 22.3. The van der Waals surface area contributed by atoms with Gasteiger partial charge in [0.25, 0.3) is 5.78 Å². The number of carbonyl (C=O) groups is 2. The van der Waals surface area contributed by atoms with E-state index in [9.17, 15) is 22.8 Å². The first-order valence-corrected chi connectivity index (χ1v) is 6.12. The van der Waals surface area contributed by atoms with E-state index >= 15 is 0 Å². The lowest BCUT2D eigenvalue weighted by molar-refractivity contribution is -0.170. The number of Topliss-reactive ketones (excluding diaryl/α,β-unsaturated/α-hetero) is 1. The standard InChI is InChI=1S/C13H15F3N2O3/c1-3-21-11-6-4-10(5-7-11)18(9(2)19)17-8-12(20)13(14,15)16/h4-7,17H,3,8H2,1-2H3. The lowest BCUT2D eigenvalue weighted by Crippen LogP contribution is -2.46. The number of ether oxygens (including phenoxy) is 1. The highest BCUT2D eigenvalue weighted by Gasteiger charge is 2.38. The first-order valence-electron chi connectivity index (χ1n) is 6.12. The monoisotopic (exact) mass is 304 g/mol. The molecule has 1 aromatic rings. The van der Waals surface area contributed by atoms with E-state index in [2.05, 4.69) is 5.43 Å². The summed E-state index contributed by atoms with van der Waals surface area (Å²) in [5.74, 6) is -1.94. The molecule has 0 saturated carbocycles. The summed E-state index contributed by atoms with van der Waals surface area (Å²) in [7, 11) is 0. The molecule has 8 heteroatoms. The van der Waals surface area contributed by atoms with Gasteiger partial charge in [0, 0.05) is 6.92 Å². The highest BCUT2D eigenvalue weighted by Crippen LogP contribution is 2.19. The third-order valence-corrected chi connectivity index (χ3v) is 2.43. The third-order valence-electron chi connectivity index (χ3n) is 2.43. The summed E-state index contributed by atoms with van der Waals surface area (Å²) in [5.41, 5.74) is 2.47. The number of amides is 1. The summed E-state index contributed by atoms with van der Waals surface area (Å²) < 4.78 is 41.6. The van der Waals surface area contributed by atoms with Crippen molar-refractivity contribution in [2.45, 2.75) is 20.0 Å². The number of nitrogens with zero attached hydrogens (tertiary/aromatic N) is 1. The average molecular weight is 304 g/mol. The molecule has 0 saturated heterocycles. The molecule has 1 N–H and O–H groups in total. The number of alkyl halides is 3. The van der Waals surface area contributed by atoms with Crippen LogP contribution < -0.4 is 15.2 Å². The lowest BCUT2D eigenvalue weighted by atomic mass is 10.3. The molecule has 0 aromatic heterocycles. The fourth-order valence-corrected chi connectivity index (χ4v) is 1.49. The van der Waals surface area contributed by atoms with E-state index in [4.69, 9.17) is 4.74 Å². The first kappa shape index (κ1) is 17.0. The van der Waals surface area contributed by atoms with Gasteiger partial charge in [-0.1, -0.05) is 0 Å². The van der Waals surface area contributed by atoms with E-state index in [0.29, 0.717) is 18.0 Å². The van der Waals surface area contributed by atoms with Gasteiger partial charge in [0.1, 0.15) is 5.75 Å². The Morgan fingerprint density at radius 3 is 2.24 bits per heavy atom. The molecular formula is C13H15F3N2O3. The fraction of sp³-hybridized carbons (Fsp3) is 0.385. The van der Waals surface area contributed by atoms with Crippen LogP contribution in [-0.2, 0) is 9.59 Å². The summed E-state index contributed by atoms with van der Waals surface area (Å²) in [5, 5.41) is 0.874. The van der Waals surface area contributed by atoms with Gasteiger partial charge in [-0.3, -0.25) is 9.59 Å². The molecule has 116 valence electrons. The minimum absolute atomic E-state index is 0.306. The maximum absolute atomic E-state index is 12.1. The van der Waals surface area contributed by atoms with E-state index in [1.165, 1.54) is 19.1 Å². The van der Waals surface area contributed by atoms with Gasteiger partial charge in [0.15, 0.2) is 0 Å². The molecule has 1 amide bonds. The molecule has 0 radical (unpaired) electrons. The van der Waals surface area contributed by atoms with Crippen molar-refractivity contribution < 1.29 is 27.5 Å². The summed E-state index contributed by atoms with van der Waals surface area (Å²) in [6, 6.07) is 6.14. The zero-order valence-electron chi connectivity index (χ0n) is 11.5. The molecule has 5 nitrogen and oxygen atoms in total. The molecule has 0 atom stereocenters. The normalized spacial score (nSPS) is 11.1. The van der Waals surface area contributed by atoms with Crippen molar-refractivity contribution in [3.05, 3.63) is 24.3 Å². The largest absolute Gasteiger partial charge is 0.494 e. The van der Waals surface area contributed by atoms with Crippen LogP contribution in [0.15, 0.2) is 24.3 Å². The van der Waals surface area contributed by atoms with Crippen molar-refractivity contribution >= 4 is 17.4 Å². The smallest absolute Gasteiger partial charge is 0.451 e. The van der Waals surface area contributed by atoms with Crippen molar-refractivity contribution in [2.75, 3.05) is 18.2 Å². The van der Waals surface area contributed by atoms with E-state index < -0.39 is 24.4 Å². The highest BCUT2D eigenvalue weighted by atomic mass is 19.4. The Labute approximate surface area is 119 Å². The van der Waals surface area contributed by atoms with Gasteiger partial charge in [-0.05, 0) is 31.2 Å². The Bertz CT molecular complexity index is 500. The van der Waals surface area contributed by atoms with Crippen LogP contribution in [0.3, 0.4) is 0 Å². The van der Waals surface area contributed by atoms with E-state index in [1.807, 2.05) is 0 Å². The maximum Gasteiger partial charge on any atom is 0.451 e. The molecule has 0 aliphatic heterocycles. The third kappa shape index (κ3) is 5.07. The molecule has 21 heavy (non-hydrogen) atoms. The number of hydrogen-bond acceptors (Lipinski definition) is 4. The molecule has 0 heterocycles. The zero-order chi connectivity index (χ0) is 16.0. The van der Waals surface area contributed by atoms with Gasteiger partial charge < -0.3 is 4.74 Å². The zero-order valence-corrected chi connectivity index (χ0v) is 11.5. The number of nitrogens with one attached hydrogen (secondary N) is 1. The summed E-state index contributed by atoms with van der Waals surface area (Å²) in [6.45, 7) is 2.42. The van der Waals surface area contributed by atoms with Crippen molar-refractivity contribution in [3.63, 3.8) is 0 Å². The molecule has 0 spiro atoms. The van der Waals surface area contributed by atoms with Crippen molar-refractivity contribution in [2.24, 2.45) is 0 Å². The molecule has 0 aliphatic carbocycles. The fourth-order valence-electron chi connectivity index (χ4n) is 1.49. The van der Waals surface area contributed by atoms with Gasteiger partial charge in [0.05, 0.1) is 18.8 Å². The average Bonchev–Trinajstić information content (AvgIpc) is 2.39. The molecule has 0 aliphatic rings. The predicted octanol–water partition coefficient (Wildman–Crippen LogP) is 2.07. The summed E-state index contributed by atoms with van der Waals surface area (Å²) in [6.07, 6.45) is -4.94. The number of halogens is 3. The second kappa shape index (κ2) is 7.07. The van der Waals surface area contributed by atoms with Gasteiger partial charge in [-0.25, -0.2) is 10.4 Å². The van der Waals surface area contributed by atoms with Gasteiger partial charge >= 0.3 is 6.18 Å². The predicted molar refractivity (Wildman–Crippen MR) is 69.8 cm³/mol. The van der Waals surface area contributed by atoms with Crippen molar-refractivity contribution in [3.8, 4) is 5.75 Å². The number of anilines is 1. The second-order valence-electron chi connectivity index (χ2n) is 4.04. The lowest BCUT2D eigenvalue weighted by Gasteiger charge is -2.22. The van der Waals surface area contributed by atoms with Crippen LogP contribution in [0.1, 0.15) is 13.8 Å². The van der Waals surface area contributed by atoms with Crippen LogP contribution in [0.25, 0.3) is 0 Å². The highest BCUT2D eigenvalue weighted by molar-refractivity contribution is 5.92. The SMILES string of the molecule is CCOc1ccc(N(NCC(=O)C(F)(F)F)C(C)=O)cc1. The van der Waals surface area contributed by atoms with E-state index in [-0.39, 0.29) is 0 Å². The second-order valence-corrected chi connectivity index (χ2v) is 4.04. The van der Waals surface area contributed by atoms with Crippen LogP contribution in [-0.4, -0.2) is 31.0 Å². The number of benzene rings is 1. The minimum atomic E-state index is -4.94. The Hall–Kier alpha value is -2.09. The Morgan fingerprint density at radius 1 is 1.24 bits per heavy atom. The van der Waals surface area contributed by atoms with Crippen LogP contribution in [0, 0.1) is 0 Å². The van der Waals surface area contributed by atoms with E-state index in [0.717, 1.165) is 5.01 Å². The Morgan fingerprint density at radius 2 is 1.81 bits per heavy atom. The maximum atomic E-state index is 12.1. The van der Waals surface area contributed by atoms with Crippen LogP contribution in [0.4, 0.5) is 18.9 Å². The number of hydrazine groups is 1. The number of hydrogen-bond donors (Lipinski definition) is 1. The van der Waals surface area contributed by atoms with Crippen LogP contribution in [0.5, 0.6) is 5.75 Å². The molecular weight excluding hydrogens is 289 g/mol. The Kier molecular flexibility index (Phi) is 5.71. The summed E-state index contributed by atoms with van der Waals surface area (Å²) >= 11 is 0. The van der Waals surface area contributed by atoms with E-state index in [1.54, 1.807) is 19.1 Å². The van der Waals surface area contributed by atoms with Gasteiger partial charge in [0.2, 0.25) is 5.91 Å².